The zero-order valence-corrected chi connectivity index (χ0v) is 17.3. The number of benzene rings is 2. The highest BCUT2D eigenvalue weighted by atomic mass is 16.5. The van der Waals surface area contributed by atoms with Crippen molar-refractivity contribution in [2.45, 2.75) is 33.8 Å². The van der Waals surface area contributed by atoms with E-state index in [1.165, 1.54) is 26.0 Å². The van der Waals surface area contributed by atoms with Crippen LogP contribution in [-0.2, 0) is 14.3 Å². The number of amides is 2. The molecule has 0 aliphatic carbocycles. The molecule has 7 nitrogen and oxygen atoms in total. The van der Waals surface area contributed by atoms with E-state index in [1.807, 2.05) is 0 Å². The Kier molecular flexibility index (Phi) is 7.63. The SMILES string of the molecule is CC(=O)c1ccc(NC(=O)/C(C)=C\C(=O)Nc2cccc(C(=O)OC(C)C)c2)cc1. The summed E-state index contributed by atoms with van der Waals surface area (Å²) in [5, 5.41) is 5.28. The lowest BCUT2D eigenvalue weighted by molar-refractivity contribution is -0.114. The van der Waals surface area contributed by atoms with E-state index >= 15 is 0 Å². The van der Waals surface area contributed by atoms with Gasteiger partial charge in [-0.1, -0.05) is 6.07 Å². The van der Waals surface area contributed by atoms with Gasteiger partial charge in [-0.15, -0.1) is 0 Å². The minimum Gasteiger partial charge on any atom is -0.459 e. The van der Waals surface area contributed by atoms with Gasteiger partial charge < -0.3 is 15.4 Å². The molecule has 0 saturated carbocycles. The molecule has 2 N–H and O–H groups in total. The van der Waals surface area contributed by atoms with Crippen molar-refractivity contribution >= 4 is 34.9 Å². The van der Waals surface area contributed by atoms with E-state index in [-0.39, 0.29) is 17.5 Å². The van der Waals surface area contributed by atoms with E-state index in [0.717, 1.165) is 0 Å². The van der Waals surface area contributed by atoms with Gasteiger partial charge in [0.2, 0.25) is 5.91 Å². The molecule has 0 saturated heterocycles. The number of Topliss-reactive ketones (excluding diaryl/α,β-unsaturated/α-hetero) is 1. The number of carbonyl (C=O) groups is 4. The minimum atomic E-state index is -0.510. The van der Waals surface area contributed by atoms with Crippen molar-refractivity contribution in [3.8, 4) is 0 Å². The van der Waals surface area contributed by atoms with Crippen LogP contribution in [0.5, 0.6) is 0 Å². The fraction of sp³-hybridized carbons (Fsp3) is 0.217. The van der Waals surface area contributed by atoms with Gasteiger partial charge in [0.15, 0.2) is 5.78 Å². The molecule has 2 aromatic rings. The maximum absolute atomic E-state index is 12.3. The monoisotopic (exact) mass is 408 g/mol. The molecule has 0 spiro atoms. The molecule has 2 aromatic carbocycles. The van der Waals surface area contributed by atoms with E-state index in [9.17, 15) is 19.2 Å². The molecule has 0 aliphatic heterocycles. The molecule has 0 aromatic heterocycles. The molecule has 0 fully saturated rings. The number of anilines is 2. The van der Waals surface area contributed by atoms with Gasteiger partial charge in [0.05, 0.1) is 11.7 Å². The summed E-state index contributed by atoms with van der Waals surface area (Å²) in [5.41, 5.74) is 1.96. The zero-order chi connectivity index (χ0) is 22.3. The summed E-state index contributed by atoms with van der Waals surface area (Å²) in [6.45, 7) is 6.47. The highest BCUT2D eigenvalue weighted by Gasteiger charge is 2.11. The molecular weight excluding hydrogens is 384 g/mol. The number of esters is 1. The fourth-order valence-corrected chi connectivity index (χ4v) is 2.46. The average Bonchev–Trinajstić information content (AvgIpc) is 2.67. The third-order valence-electron chi connectivity index (χ3n) is 3.96. The molecule has 0 radical (unpaired) electrons. The molecule has 2 rings (SSSR count). The second-order valence-corrected chi connectivity index (χ2v) is 6.94. The van der Waals surface area contributed by atoms with E-state index in [4.69, 9.17) is 4.74 Å². The zero-order valence-electron chi connectivity index (χ0n) is 17.3. The lowest BCUT2D eigenvalue weighted by Gasteiger charge is -2.09. The van der Waals surface area contributed by atoms with Crippen LogP contribution < -0.4 is 10.6 Å². The van der Waals surface area contributed by atoms with Crippen molar-refractivity contribution in [2.24, 2.45) is 0 Å². The van der Waals surface area contributed by atoms with Crippen molar-refractivity contribution in [1.82, 2.24) is 0 Å². The second kappa shape index (κ2) is 10.2. The van der Waals surface area contributed by atoms with Gasteiger partial charge in [-0.3, -0.25) is 14.4 Å². The van der Waals surface area contributed by atoms with E-state index in [2.05, 4.69) is 10.6 Å². The standard InChI is InChI=1S/C23H24N2O5/c1-14(2)30-23(29)18-6-5-7-20(13-18)24-21(27)12-15(3)22(28)25-19-10-8-17(9-11-19)16(4)26/h5-14H,1-4H3,(H,24,27)(H,25,28)/b15-12-. The third-order valence-corrected chi connectivity index (χ3v) is 3.96. The Morgan fingerprint density at radius 2 is 1.53 bits per heavy atom. The molecule has 2 amide bonds. The van der Waals surface area contributed by atoms with Crippen LogP contribution in [0.4, 0.5) is 11.4 Å². The Balaban J connectivity index is 2.00. The Bertz CT molecular complexity index is 991. The van der Waals surface area contributed by atoms with Crippen LogP contribution in [0.1, 0.15) is 48.4 Å². The molecule has 0 heterocycles. The maximum atomic E-state index is 12.3. The third kappa shape index (κ3) is 6.70. The number of hydrogen-bond acceptors (Lipinski definition) is 5. The van der Waals surface area contributed by atoms with Crippen LogP contribution in [-0.4, -0.2) is 29.7 Å². The first kappa shape index (κ1) is 22.5. The molecule has 7 heteroatoms. The summed E-state index contributed by atoms with van der Waals surface area (Å²) in [7, 11) is 0. The van der Waals surface area contributed by atoms with Crippen LogP contribution in [0.15, 0.2) is 60.2 Å². The fourth-order valence-electron chi connectivity index (χ4n) is 2.46. The van der Waals surface area contributed by atoms with Gasteiger partial charge in [-0.05, 0) is 70.2 Å². The first-order chi connectivity index (χ1) is 14.2. The Hall–Kier alpha value is -3.74. The van der Waals surface area contributed by atoms with Crippen LogP contribution >= 0.6 is 0 Å². The minimum absolute atomic E-state index is 0.0674. The first-order valence-electron chi connectivity index (χ1n) is 9.38. The van der Waals surface area contributed by atoms with Crippen molar-refractivity contribution in [2.75, 3.05) is 10.6 Å². The van der Waals surface area contributed by atoms with Crippen LogP contribution in [0, 0.1) is 0 Å². The summed E-state index contributed by atoms with van der Waals surface area (Å²) >= 11 is 0. The van der Waals surface area contributed by atoms with Gasteiger partial charge in [-0.25, -0.2) is 4.79 Å². The number of ketones is 1. The molecule has 156 valence electrons. The van der Waals surface area contributed by atoms with Crippen LogP contribution in [0.3, 0.4) is 0 Å². The predicted molar refractivity (Wildman–Crippen MR) is 114 cm³/mol. The van der Waals surface area contributed by atoms with E-state index in [1.54, 1.807) is 56.3 Å². The Morgan fingerprint density at radius 1 is 0.867 bits per heavy atom. The van der Waals surface area contributed by atoms with Gasteiger partial charge in [0.1, 0.15) is 0 Å². The summed E-state index contributed by atoms with van der Waals surface area (Å²) < 4.78 is 5.13. The van der Waals surface area contributed by atoms with Gasteiger partial charge in [0, 0.05) is 28.6 Å². The number of nitrogens with one attached hydrogen (secondary N) is 2. The lowest BCUT2D eigenvalue weighted by atomic mass is 10.1. The molecule has 30 heavy (non-hydrogen) atoms. The normalized spacial score (nSPS) is 11.0. The van der Waals surface area contributed by atoms with E-state index in [0.29, 0.717) is 22.5 Å². The van der Waals surface area contributed by atoms with Crippen molar-refractivity contribution in [3.05, 3.63) is 71.3 Å². The number of ether oxygens (including phenoxy) is 1. The largest absolute Gasteiger partial charge is 0.459 e. The average molecular weight is 408 g/mol. The topological polar surface area (TPSA) is 102 Å². The maximum Gasteiger partial charge on any atom is 0.338 e. The number of hydrogen-bond donors (Lipinski definition) is 2. The second-order valence-electron chi connectivity index (χ2n) is 6.94. The summed E-state index contributed by atoms with van der Waals surface area (Å²) in [4.78, 5) is 47.8. The van der Waals surface area contributed by atoms with Gasteiger partial charge in [0.25, 0.3) is 5.91 Å². The summed E-state index contributed by atoms with van der Waals surface area (Å²) in [6, 6.07) is 12.8. The smallest absolute Gasteiger partial charge is 0.338 e. The van der Waals surface area contributed by atoms with Gasteiger partial charge >= 0.3 is 5.97 Å². The summed E-state index contributed by atoms with van der Waals surface area (Å²) in [5.74, 6) is -1.51. The molecule has 0 atom stereocenters. The lowest BCUT2D eigenvalue weighted by Crippen LogP contribution is -2.16. The molecule has 0 bridgehead atoms. The van der Waals surface area contributed by atoms with Crippen LogP contribution in [0.2, 0.25) is 0 Å². The first-order valence-corrected chi connectivity index (χ1v) is 9.38. The van der Waals surface area contributed by atoms with Gasteiger partial charge in [-0.2, -0.15) is 0 Å². The van der Waals surface area contributed by atoms with Crippen molar-refractivity contribution in [3.63, 3.8) is 0 Å². The van der Waals surface area contributed by atoms with Crippen molar-refractivity contribution in [1.29, 1.82) is 0 Å². The Labute approximate surface area is 175 Å². The van der Waals surface area contributed by atoms with E-state index < -0.39 is 17.8 Å². The number of carbonyl (C=O) groups excluding carboxylic acids is 4. The summed E-state index contributed by atoms with van der Waals surface area (Å²) in [6.07, 6.45) is 0.914. The van der Waals surface area contributed by atoms with Crippen molar-refractivity contribution < 1.29 is 23.9 Å². The molecular formula is C23H24N2O5. The highest BCUT2D eigenvalue weighted by Crippen LogP contribution is 2.14. The molecule has 0 aliphatic rings. The highest BCUT2D eigenvalue weighted by molar-refractivity contribution is 6.10. The van der Waals surface area contributed by atoms with Crippen LogP contribution in [0.25, 0.3) is 0 Å². The molecule has 0 unspecified atom stereocenters. The Morgan fingerprint density at radius 3 is 2.13 bits per heavy atom. The number of rotatable bonds is 7. The predicted octanol–water partition coefficient (Wildman–Crippen LogP) is 3.98. The quantitative estimate of drug-likeness (QED) is 0.410.